The number of carbonyl (C=O) groups is 1. The van der Waals surface area contributed by atoms with Gasteiger partial charge in [0.1, 0.15) is 23.2 Å². The average molecular weight is 501 g/mol. The van der Waals surface area contributed by atoms with E-state index in [9.17, 15) is 14.3 Å². The van der Waals surface area contributed by atoms with Gasteiger partial charge in [-0.2, -0.15) is 0 Å². The van der Waals surface area contributed by atoms with Crippen molar-refractivity contribution in [3.8, 4) is 11.3 Å². The van der Waals surface area contributed by atoms with Crippen LogP contribution in [0.5, 0.6) is 0 Å². The molecule has 0 fully saturated rings. The number of nitrogens with one attached hydrogen (secondary N) is 1. The summed E-state index contributed by atoms with van der Waals surface area (Å²) in [6.07, 6.45) is -0.0435. The van der Waals surface area contributed by atoms with Crippen molar-refractivity contribution in [2.75, 3.05) is 17.6 Å². The summed E-state index contributed by atoms with van der Waals surface area (Å²) in [6, 6.07) is 21.0. The number of nitrogens with zero attached hydrogens (tertiary/aromatic N) is 3. The summed E-state index contributed by atoms with van der Waals surface area (Å²) >= 11 is 0. The number of halogens is 1. The Morgan fingerprint density at radius 2 is 1.73 bits per heavy atom. The predicted octanol–water partition coefficient (Wildman–Crippen LogP) is 3.56. The fraction of sp³-hybridized carbons (Fsp3) is 0.214. The number of amides is 1. The second kappa shape index (κ2) is 9.68. The maximum atomic E-state index is 13.6. The van der Waals surface area contributed by atoms with Crippen LogP contribution >= 0.6 is 0 Å². The van der Waals surface area contributed by atoms with E-state index < -0.39 is 11.6 Å². The van der Waals surface area contributed by atoms with Gasteiger partial charge in [0.15, 0.2) is 5.72 Å². The van der Waals surface area contributed by atoms with Gasteiger partial charge in [0.25, 0.3) is 5.91 Å². The Morgan fingerprint density at radius 3 is 2.41 bits per heavy atom. The molecule has 3 aromatic carbocycles. The second-order valence-corrected chi connectivity index (χ2v) is 9.44. The number of aryl methyl sites for hydroxylation is 1. The van der Waals surface area contributed by atoms with Gasteiger partial charge >= 0.3 is 0 Å². The number of hydrogen-bond donors (Lipinski definition) is 4. The lowest BCUT2D eigenvalue weighted by molar-refractivity contribution is -0.152. The number of nitrogen functional groups attached to an aromatic ring is 1. The van der Waals surface area contributed by atoms with Gasteiger partial charge in [-0.05, 0) is 61.0 Å². The Bertz CT molecular complexity index is 1410. The molecule has 4 aromatic rings. The lowest BCUT2D eigenvalue weighted by Crippen LogP contribution is -2.58. The first-order valence-electron chi connectivity index (χ1n) is 12.0. The second-order valence-electron chi connectivity index (χ2n) is 9.44. The maximum absolute atomic E-state index is 13.6. The Morgan fingerprint density at radius 1 is 1.05 bits per heavy atom. The monoisotopic (exact) mass is 500 g/mol. The summed E-state index contributed by atoms with van der Waals surface area (Å²) in [4.78, 5) is 19.6. The van der Waals surface area contributed by atoms with Crippen LogP contribution in [-0.2, 0) is 24.3 Å². The van der Waals surface area contributed by atoms with Crippen molar-refractivity contribution in [2.24, 2.45) is 5.73 Å². The molecule has 0 spiro atoms. The fourth-order valence-electron chi connectivity index (χ4n) is 4.51. The van der Waals surface area contributed by atoms with Crippen LogP contribution in [0.3, 0.4) is 0 Å². The number of hydrogen-bond acceptors (Lipinski definition) is 6. The number of nitrogens with two attached hydrogens (primary N) is 2. The highest BCUT2D eigenvalue weighted by molar-refractivity contribution is 5.85. The maximum Gasteiger partial charge on any atom is 0.270 e. The molecule has 1 aliphatic heterocycles. The summed E-state index contributed by atoms with van der Waals surface area (Å²) in [7, 11) is 0. The molecule has 37 heavy (non-hydrogen) atoms. The molecule has 6 N–H and O–H groups in total. The van der Waals surface area contributed by atoms with Crippen LogP contribution in [0.4, 0.5) is 21.6 Å². The molecule has 1 amide bonds. The average Bonchev–Trinajstić information content (AvgIpc) is 3.24. The van der Waals surface area contributed by atoms with E-state index in [2.05, 4.69) is 5.32 Å². The number of benzene rings is 3. The van der Waals surface area contributed by atoms with Crippen molar-refractivity contribution in [1.29, 1.82) is 0 Å². The lowest BCUT2D eigenvalue weighted by atomic mass is 10.0. The highest BCUT2D eigenvalue weighted by Crippen LogP contribution is 2.33. The standard InChI is InChI=1S/C28H29FN6O2/c1-18-2-12-23(13-3-18)32-26-25(20-6-8-21(29)9-7-20)33-24-17-34(14-15-35(24)26)27(36)28(31,37)16-19-4-10-22(30)11-5-19/h2-13,32,37H,14-17,30-31H2,1H3/t28-/m0/s1. The van der Waals surface area contributed by atoms with Gasteiger partial charge in [-0.15, -0.1) is 0 Å². The van der Waals surface area contributed by atoms with E-state index in [0.717, 1.165) is 22.6 Å². The summed E-state index contributed by atoms with van der Waals surface area (Å²) in [5, 5.41) is 14.3. The van der Waals surface area contributed by atoms with Crippen molar-refractivity contribution >= 4 is 23.1 Å². The molecule has 0 radical (unpaired) electrons. The van der Waals surface area contributed by atoms with E-state index in [1.54, 1.807) is 36.4 Å². The molecule has 0 aliphatic carbocycles. The van der Waals surface area contributed by atoms with Crippen molar-refractivity contribution in [3.05, 3.63) is 95.6 Å². The minimum Gasteiger partial charge on any atom is -0.399 e. The molecule has 8 nitrogen and oxygen atoms in total. The summed E-state index contributed by atoms with van der Waals surface area (Å²) in [6.45, 7) is 2.98. The van der Waals surface area contributed by atoms with E-state index in [4.69, 9.17) is 16.5 Å². The number of aromatic nitrogens is 2. The number of aliphatic hydroxyl groups is 1. The van der Waals surface area contributed by atoms with Crippen LogP contribution in [0, 0.1) is 12.7 Å². The molecule has 9 heteroatoms. The van der Waals surface area contributed by atoms with Gasteiger partial charge in [0.05, 0.1) is 6.54 Å². The van der Waals surface area contributed by atoms with Crippen molar-refractivity contribution in [1.82, 2.24) is 14.5 Å². The zero-order chi connectivity index (χ0) is 26.2. The van der Waals surface area contributed by atoms with E-state index >= 15 is 0 Å². The molecule has 5 rings (SSSR count). The normalized spacial score (nSPS) is 14.6. The van der Waals surface area contributed by atoms with Gasteiger partial charge in [0, 0.05) is 36.4 Å². The van der Waals surface area contributed by atoms with E-state index in [0.29, 0.717) is 35.9 Å². The lowest BCUT2D eigenvalue weighted by Gasteiger charge is -2.34. The molecule has 1 aromatic heterocycles. The third kappa shape index (κ3) is 5.18. The highest BCUT2D eigenvalue weighted by atomic mass is 19.1. The highest BCUT2D eigenvalue weighted by Gasteiger charge is 2.38. The zero-order valence-electron chi connectivity index (χ0n) is 20.5. The minimum atomic E-state index is -2.08. The molecule has 0 saturated carbocycles. The Kier molecular flexibility index (Phi) is 6.41. The molecular weight excluding hydrogens is 471 g/mol. The largest absolute Gasteiger partial charge is 0.399 e. The molecule has 1 aliphatic rings. The summed E-state index contributed by atoms with van der Waals surface area (Å²) < 4.78 is 15.6. The first-order valence-corrected chi connectivity index (χ1v) is 12.0. The van der Waals surface area contributed by atoms with Gasteiger partial charge < -0.3 is 25.6 Å². The number of rotatable bonds is 6. The predicted molar refractivity (Wildman–Crippen MR) is 141 cm³/mol. The molecule has 0 unspecified atom stereocenters. The fourth-order valence-corrected chi connectivity index (χ4v) is 4.51. The van der Waals surface area contributed by atoms with Crippen LogP contribution in [0.2, 0.25) is 0 Å². The van der Waals surface area contributed by atoms with Crippen LogP contribution in [0.1, 0.15) is 17.0 Å². The van der Waals surface area contributed by atoms with Crippen molar-refractivity contribution < 1.29 is 14.3 Å². The Labute approximate surface area is 214 Å². The summed E-state index contributed by atoms with van der Waals surface area (Å²) in [5.74, 6) is 0.482. The quantitative estimate of drug-likeness (QED) is 0.237. The molecule has 2 heterocycles. The molecule has 1 atom stereocenters. The van der Waals surface area contributed by atoms with Crippen LogP contribution in [0.15, 0.2) is 72.8 Å². The minimum absolute atomic E-state index is 0.0435. The van der Waals surface area contributed by atoms with E-state index in [1.807, 2.05) is 35.8 Å². The molecule has 0 saturated heterocycles. The number of imidazole rings is 1. The number of anilines is 3. The van der Waals surface area contributed by atoms with Crippen molar-refractivity contribution in [3.63, 3.8) is 0 Å². The van der Waals surface area contributed by atoms with E-state index in [-0.39, 0.29) is 18.8 Å². The number of fused-ring (bicyclic) bond motifs is 1. The van der Waals surface area contributed by atoms with Gasteiger partial charge in [0.2, 0.25) is 0 Å². The smallest absolute Gasteiger partial charge is 0.270 e. The third-order valence-corrected chi connectivity index (χ3v) is 6.52. The van der Waals surface area contributed by atoms with Crippen LogP contribution < -0.4 is 16.8 Å². The zero-order valence-corrected chi connectivity index (χ0v) is 20.5. The van der Waals surface area contributed by atoms with Crippen molar-refractivity contribution in [2.45, 2.75) is 32.2 Å². The third-order valence-electron chi connectivity index (χ3n) is 6.52. The SMILES string of the molecule is Cc1ccc(Nc2c(-c3ccc(F)cc3)nc3n2CCN(C(=O)[C@@](N)(O)Cc2ccc(N)cc2)C3)cc1. The first-order chi connectivity index (χ1) is 17.7. The van der Waals surface area contributed by atoms with Crippen LogP contribution in [0.25, 0.3) is 11.3 Å². The number of carbonyl (C=O) groups excluding carboxylic acids is 1. The topological polar surface area (TPSA) is 122 Å². The molecule has 0 bridgehead atoms. The van der Waals surface area contributed by atoms with E-state index in [1.165, 1.54) is 17.0 Å². The molecule has 190 valence electrons. The summed E-state index contributed by atoms with van der Waals surface area (Å²) in [5.41, 5.74) is 14.5. The Balaban J connectivity index is 1.43. The molecular formula is C28H29FN6O2. The van der Waals surface area contributed by atoms with Gasteiger partial charge in [-0.3, -0.25) is 10.5 Å². The Hall–Kier alpha value is -4.21. The first kappa shape index (κ1) is 24.5. The van der Waals surface area contributed by atoms with Gasteiger partial charge in [-0.1, -0.05) is 29.8 Å². The van der Waals surface area contributed by atoms with Gasteiger partial charge in [-0.25, -0.2) is 9.37 Å². The van der Waals surface area contributed by atoms with Crippen LogP contribution in [-0.4, -0.2) is 37.7 Å².